The molecule has 2 aromatic carbocycles. The van der Waals surface area contributed by atoms with Gasteiger partial charge in [-0.25, -0.2) is 4.39 Å². The zero-order chi connectivity index (χ0) is 17.2. The first-order chi connectivity index (χ1) is 12.2. The van der Waals surface area contributed by atoms with Crippen molar-refractivity contribution in [3.8, 4) is 0 Å². The Hall–Kier alpha value is -2.88. The van der Waals surface area contributed by atoms with Crippen LogP contribution in [0.2, 0.25) is 0 Å². The Kier molecular flexibility index (Phi) is 4.10. The lowest BCUT2D eigenvalue weighted by molar-refractivity contribution is 0.626. The van der Waals surface area contributed by atoms with E-state index in [9.17, 15) is 4.39 Å². The van der Waals surface area contributed by atoms with Gasteiger partial charge in [0.15, 0.2) is 0 Å². The molecule has 2 heterocycles. The monoisotopic (exact) mass is 333 g/mol. The maximum atomic E-state index is 13.3. The Labute approximate surface area is 147 Å². The molecule has 1 unspecified atom stereocenters. The zero-order valence-corrected chi connectivity index (χ0v) is 14.1. The molecule has 4 rings (SSSR count). The van der Waals surface area contributed by atoms with Gasteiger partial charge in [0.1, 0.15) is 5.82 Å². The van der Waals surface area contributed by atoms with E-state index in [0.717, 1.165) is 29.8 Å². The van der Waals surface area contributed by atoms with Gasteiger partial charge in [-0.2, -0.15) is 0 Å². The van der Waals surface area contributed by atoms with E-state index in [1.165, 1.54) is 23.4 Å². The van der Waals surface area contributed by atoms with Gasteiger partial charge in [0.25, 0.3) is 0 Å². The van der Waals surface area contributed by atoms with Gasteiger partial charge in [0.05, 0.1) is 6.04 Å². The van der Waals surface area contributed by atoms with Crippen LogP contribution in [0, 0.1) is 5.82 Å². The van der Waals surface area contributed by atoms with Crippen molar-refractivity contribution in [1.82, 2.24) is 4.98 Å². The van der Waals surface area contributed by atoms with Gasteiger partial charge < -0.3 is 10.2 Å². The molecule has 0 amide bonds. The molecule has 0 radical (unpaired) electrons. The molecule has 0 saturated carbocycles. The van der Waals surface area contributed by atoms with E-state index in [1.807, 2.05) is 24.3 Å². The molecule has 4 heteroatoms. The maximum absolute atomic E-state index is 13.3. The highest BCUT2D eigenvalue weighted by Gasteiger charge is 2.18. The van der Waals surface area contributed by atoms with Crippen LogP contribution in [0.5, 0.6) is 0 Å². The molecular weight excluding hydrogens is 313 g/mol. The summed E-state index contributed by atoms with van der Waals surface area (Å²) in [6.45, 7) is 1.06. The third kappa shape index (κ3) is 3.20. The lowest BCUT2D eigenvalue weighted by Gasteiger charge is -2.22. The summed E-state index contributed by atoms with van der Waals surface area (Å²) >= 11 is 0. The summed E-state index contributed by atoms with van der Waals surface area (Å²) < 4.78 is 13.3. The van der Waals surface area contributed by atoms with Crippen LogP contribution in [-0.2, 0) is 6.42 Å². The second kappa shape index (κ2) is 6.55. The molecule has 0 spiro atoms. The van der Waals surface area contributed by atoms with Crippen molar-refractivity contribution < 1.29 is 4.39 Å². The van der Waals surface area contributed by atoms with Gasteiger partial charge in [-0.3, -0.25) is 4.98 Å². The van der Waals surface area contributed by atoms with Crippen LogP contribution < -0.4 is 10.2 Å². The van der Waals surface area contributed by atoms with Crippen molar-refractivity contribution >= 4 is 11.4 Å². The summed E-state index contributed by atoms with van der Waals surface area (Å²) in [6.07, 6.45) is 4.63. The van der Waals surface area contributed by atoms with Crippen molar-refractivity contribution in [3.63, 3.8) is 0 Å². The number of hydrogen-bond acceptors (Lipinski definition) is 3. The molecule has 0 saturated heterocycles. The molecule has 0 aliphatic carbocycles. The van der Waals surface area contributed by atoms with Crippen LogP contribution in [0.1, 0.15) is 22.7 Å². The standard InChI is InChI=1S/C21H20FN3/c1-25-13-10-17-14-19(6-7-20(17)25)24-21(16-8-11-23-12-9-16)15-2-4-18(22)5-3-15/h2-9,11-12,14,21,24H,10,13H2,1H3. The van der Waals surface area contributed by atoms with Crippen molar-refractivity contribution in [3.05, 3.63) is 89.5 Å². The van der Waals surface area contributed by atoms with E-state index < -0.39 is 0 Å². The lowest BCUT2D eigenvalue weighted by atomic mass is 9.99. The Balaban J connectivity index is 1.68. The molecule has 3 aromatic rings. The molecule has 25 heavy (non-hydrogen) atoms. The summed E-state index contributed by atoms with van der Waals surface area (Å²) in [5.41, 5.74) is 5.84. The number of halogens is 1. The summed E-state index contributed by atoms with van der Waals surface area (Å²) in [4.78, 5) is 6.38. The predicted octanol–water partition coefficient (Wildman–Crippen LogP) is 4.41. The lowest BCUT2D eigenvalue weighted by Crippen LogP contribution is -2.13. The van der Waals surface area contributed by atoms with Crippen LogP contribution in [-0.4, -0.2) is 18.6 Å². The SMILES string of the molecule is CN1CCc2cc(NC(c3ccncc3)c3ccc(F)cc3)ccc21. The molecule has 1 N–H and O–H groups in total. The first kappa shape index (κ1) is 15.6. The first-order valence-electron chi connectivity index (χ1n) is 8.47. The fourth-order valence-electron chi connectivity index (χ4n) is 3.39. The quantitative estimate of drug-likeness (QED) is 0.766. The number of pyridine rings is 1. The molecule has 1 aromatic heterocycles. The summed E-state index contributed by atoms with van der Waals surface area (Å²) in [5.74, 6) is -0.224. The minimum atomic E-state index is -0.224. The van der Waals surface area contributed by atoms with Crippen LogP contribution in [0.3, 0.4) is 0 Å². The van der Waals surface area contributed by atoms with Crippen LogP contribution >= 0.6 is 0 Å². The highest BCUT2D eigenvalue weighted by molar-refractivity contribution is 5.64. The molecule has 1 atom stereocenters. The minimum Gasteiger partial charge on any atom is -0.374 e. The third-order valence-corrected chi connectivity index (χ3v) is 4.76. The highest BCUT2D eigenvalue weighted by atomic mass is 19.1. The van der Waals surface area contributed by atoms with Gasteiger partial charge in [-0.1, -0.05) is 12.1 Å². The Morgan fingerprint density at radius 3 is 2.48 bits per heavy atom. The van der Waals surface area contributed by atoms with Gasteiger partial charge in [0, 0.05) is 37.4 Å². The Morgan fingerprint density at radius 2 is 1.72 bits per heavy atom. The van der Waals surface area contributed by atoms with E-state index in [-0.39, 0.29) is 11.9 Å². The van der Waals surface area contributed by atoms with E-state index in [2.05, 4.69) is 40.4 Å². The van der Waals surface area contributed by atoms with Crippen LogP contribution in [0.25, 0.3) is 0 Å². The van der Waals surface area contributed by atoms with Crippen LogP contribution in [0.15, 0.2) is 67.0 Å². The van der Waals surface area contributed by atoms with Crippen molar-refractivity contribution in [1.29, 1.82) is 0 Å². The second-order valence-electron chi connectivity index (χ2n) is 6.42. The number of benzene rings is 2. The second-order valence-corrected chi connectivity index (χ2v) is 6.42. The summed E-state index contributed by atoms with van der Waals surface area (Å²) in [7, 11) is 2.12. The number of nitrogens with one attached hydrogen (secondary N) is 1. The number of hydrogen-bond donors (Lipinski definition) is 1. The van der Waals surface area contributed by atoms with E-state index in [1.54, 1.807) is 12.4 Å². The Morgan fingerprint density at radius 1 is 1.00 bits per heavy atom. The fraction of sp³-hybridized carbons (Fsp3) is 0.190. The molecule has 1 aliphatic rings. The van der Waals surface area contributed by atoms with Gasteiger partial charge in [-0.05, 0) is 65.6 Å². The molecular formula is C21H20FN3. The van der Waals surface area contributed by atoms with Gasteiger partial charge in [-0.15, -0.1) is 0 Å². The van der Waals surface area contributed by atoms with Crippen molar-refractivity contribution in [2.24, 2.45) is 0 Å². The number of fused-ring (bicyclic) bond motifs is 1. The van der Waals surface area contributed by atoms with E-state index >= 15 is 0 Å². The highest BCUT2D eigenvalue weighted by Crippen LogP contribution is 2.32. The summed E-state index contributed by atoms with van der Waals surface area (Å²) in [6, 6.07) is 17.1. The van der Waals surface area contributed by atoms with Crippen molar-refractivity contribution in [2.75, 3.05) is 23.8 Å². The Bertz CT molecular complexity index is 862. The third-order valence-electron chi connectivity index (χ3n) is 4.76. The smallest absolute Gasteiger partial charge is 0.123 e. The normalized spacial score (nSPS) is 14.2. The number of anilines is 2. The average Bonchev–Trinajstić information content (AvgIpc) is 3.02. The maximum Gasteiger partial charge on any atom is 0.123 e. The van der Waals surface area contributed by atoms with Gasteiger partial charge in [0.2, 0.25) is 0 Å². The van der Waals surface area contributed by atoms with Crippen molar-refractivity contribution in [2.45, 2.75) is 12.5 Å². The van der Waals surface area contributed by atoms with E-state index in [0.29, 0.717) is 0 Å². The molecule has 126 valence electrons. The topological polar surface area (TPSA) is 28.2 Å². The first-order valence-corrected chi connectivity index (χ1v) is 8.47. The fourth-order valence-corrected chi connectivity index (χ4v) is 3.39. The largest absolute Gasteiger partial charge is 0.374 e. The number of aromatic nitrogens is 1. The molecule has 1 aliphatic heterocycles. The average molecular weight is 333 g/mol. The van der Waals surface area contributed by atoms with Gasteiger partial charge >= 0.3 is 0 Å². The number of likely N-dealkylation sites (N-methyl/N-ethyl adjacent to an activating group) is 1. The minimum absolute atomic E-state index is 0.0548. The van der Waals surface area contributed by atoms with Crippen LogP contribution in [0.4, 0.5) is 15.8 Å². The number of nitrogens with zero attached hydrogens (tertiary/aromatic N) is 2. The number of rotatable bonds is 4. The molecule has 3 nitrogen and oxygen atoms in total. The molecule has 0 fully saturated rings. The predicted molar refractivity (Wildman–Crippen MR) is 99.5 cm³/mol. The zero-order valence-electron chi connectivity index (χ0n) is 14.1. The molecule has 0 bridgehead atoms. The summed E-state index contributed by atoms with van der Waals surface area (Å²) in [5, 5.41) is 3.61. The van der Waals surface area contributed by atoms with E-state index in [4.69, 9.17) is 0 Å².